The number of nitrogens with one attached hydrogen (secondary N) is 1. The molecule has 0 saturated carbocycles. The van der Waals surface area contributed by atoms with Crippen molar-refractivity contribution in [1.29, 1.82) is 0 Å². The molecule has 0 spiro atoms. The Balaban J connectivity index is 2.78. The summed E-state index contributed by atoms with van der Waals surface area (Å²) in [6, 6.07) is 7.74. The minimum atomic E-state index is -0.366. The molecule has 0 heterocycles. The predicted molar refractivity (Wildman–Crippen MR) is 63.6 cm³/mol. The van der Waals surface area contributed by atoms with Crippen LogP contribution in [-0.2, 0) is 0 Å². The molecule has 0 bridgehead atoms. The molecule has 4 heteroatoms. The molecule has 0 saturated heterocycles. The van der Waals surface area contributed by atoms with Crippen molar-refractivity contribution in [2.75, 3.05) is 21.1 Å². The molecule has 0 aliphatic rings. The maximum absolute atomic E-state index is 11.4. The second-order valence-electron chi connectivity index (χ2n) is 3.85. The fourth-order valence-electron chi connectivity index (χ4n) is 1.21. The average molecular weight is 222 g/mol. The Morgan fingerprint density at radius 2 is 2.12 bits per heavy atom. The second-order valence-corrected chi connectivity index (χ2v) is 3.85. The molecule has 1 N–H and O–H groups in total. The van der Waals surface area contributed by atoms with Gasteiger partial charge in [0.15, 0.2) is 0 Å². The highest BCUT2D eigenvalue weighted by Crippen LogP contribution is 2.19. The number of hydrogen-bond acceptors (Lipinski definition) is 3. The summed E-state index contributed by atoms with van der Waals surface area (Å²) in [6.07, 6.45) is -0.366. The van der Waals surface area contributed by atoms with Crippen LogP contribution in [0.15, 0.2) is 24.3 Å². The average Bonchev–Trinajstić information content (AvgIpc) is 2.28. The van der Waals surface area contributed by atoms with Crippen LogP contribution >= 0.6 is 0 Å². The molecule has 0 aromatic heterocycles. The SMILES string of the molecule is CN[C@H](C)c1cccc(OC(=O)N(C)C)c1. The zero-order chi connectivity index (χ0) is 12.1. The Morgan fingerprint density at radius 1 is 1.44 bits per heavy atom. The zero-order valence-corrected chi connectivity index (χ0v) is 10.2. The van der Waals surface area contributed by atoms with Gasteiger partial charge in [-0.15, -0.1) is 0 Å². The van der Waals surface area contributed by atoms with Crippen LogP contribution in [0.25, 0.3) is 0 Å². The molecule has 1 aromatic rings. The van der Waals surface area contributed by atoms with Gasteiger partial charge in [-0.05, 0) is 31.7 Å². The first-order chi connectivity index (χ1) is 7.54. The van der Waals surface area contributed by atoms with E-state index in [1.807, 2.05) is 32.2 Å². The molecule has 0 aliphatic carbocycles. The van der Waals surface area contributed by atoms with Crippen molar-refractivity contribution in [2.45, 2.75) is 13.0 Å². The van der Waals surface area contributed by atoms with Crippen molar-refractivity contribution < 1.29 is 9.53 Å². The van der Waals surface area contributed by atoms with Gasteiger partial charge in [0.2, 0.25) is 0 Å². The number of benzene rings is 1. The zero-order valence-electron chi connectivity index (χ0n) is 10.2. The summed E-state index contributed by atoms with van der Waals surface area (Å²) in [7, 11) is 5.20. The molecule has 1 aromatic carbocycles. The van der Waals surface area contributed by atoms with E-state index in [4.69, 9.17) is 4.74 Å². The highest BCUT2D eigenvalue weighted by Gasteiger charge is 2.08. The Bertz CT molecular complexity index is 364. The van der Waals surface area contributed by atoms with Crippen LogP contribution in [0.4, 0.5) is 4.79 Å². The Kier molecular flexibility index (Phi) is 4.31. The van der Waals surface area contributed by atoms with Gasteiger partial charge in [-0.2, -0.15) is 0 Å². The topological polar surface area (TPSA) is 41.6 Å². The number of rotatable bonds is 3. The second kappa shape index (κ2) is 5.51. The normalized spacial score (nSPS) is 12.0. The van der Waals surface area contributed by atoms with Gasteiger partial charge in [0.1, 0.15) is 5.75 Å². The van der Waals surface area contributed by atoms with Crippen LogP contribution in [0.2, 0.25) is 0 Å². The fraction of sp³-hybridized carbons (Fsp3) is 0.417. The lowest BCUT2D eigenvalue weighted by Gasteiger charge is -2.14. The summed E-state index contributed by atoms with van der Waals surface area (Å²) in [5.41, 5.74) is 1.09. The third-order valence-corrected chi connectivity index (χ3v) is 2.36. The van der Waals surface area contributed by atoms with Gasteiger partial charge in [0.25, 0.3) is 0 Å². The minimum absolute atomic E-state index is 0.234. The fourth-order valence-corrected chi connectivity index (χ4v) is 1.21. The van der Waals surface area contributed by atoms with Crippen molar-refractivity contribution in [1.82, 2.24) is 10.2 Å². The van der Waals surface area contributed by atoms with Crippen molar-refractivity contribution in [3.8, 4) is 5.75 Å². The van der Waals surface area contributed by atoms with E-state index in [1.165, 1.54) is 4.90 Å². The van der Waals surface area contributed by atoms with E-state index in [2.05, 4.69) is 5.32 Å². The predicted octanol–water partition coefficient (Wildman–Crippen LogP) is 2.03. The first kappa shape index (κ1) is 12.5. The number of nitrogens with zero attached hydrogens (tertiary/aromatic N) is 1. The van der Waals surface area contributed by atoms with Crippen LogP contribution in [0.1, 0.15) is 18.5 Å². The summed E-state index contributed by atoms with van der Waals surface area (Å²) in [4.78, 5) is 12.7. The Hall–Kier alpha value is -1.55. The smallest absolute Gasteiger partial charge is 0.410 e. The minimum Gasteiger partial charge on any atom is -0.410 e. The first-order valence-corrected chi connectivity index (χ1v) is 5.21. The van der Waals surface area contributed by atoms with Crippen molar-refractivity contribution in [3.05, 3.63) is 29.8 Å². The van der Waals surface area contributed by atoms with Gasteiger partial charge in [-0.25, -0.2) is 4.79 Å². The summed E-state index contributed by atoms with van der Waals surface area (Å²) in [6.45, 7) is 2.05. The third-order valence-electron chi connectivity index (χ3n) is 2.36. The molecule has 0 aliphatic heterocycles. The maximum atomic E-state index is 11.4. The standard InChI is InChI=1S/C12H18N2O2/c1-9(13-2)10-6-5-7-11(8-10)16-12(15)14(3)4/h5-9,13H,1-4H3/t9-/m1/s1. The summed E-state index contributed by atoms with van der Waals surface area (Å²) in [5.74, 6) is 0.568. The highest BCUT2D eigenvalue weighted by atomic mass is 16.6. The van der Waals surface area contributed by atoms with E-state index in [9.17, 15) is 4.79 Å². The number of amides is 1. The molecule has 88 valence electrons. The van der Waals surface area contributed by atoms with Crippen molar-refractivity contribution >= 4 is 6.09 Å². The largest absolute Gasteiger partial charge is 0.414 e. The molecule has 4 nitrogen and oxygen atoms in total. The molecule has 0 unspecified atom stereocenters. The van der Waals surface area contributed by atoms with E-state index < -0.39 is 0 Å². The van der Waals surface area contributed by atoms with Crippen LogP contribution in [0.3, 0.4) is 0 Å². The molecular weight excluding hydrogens is 204 g/mol. The highest BCUT2D eigenvalue weighted by molar-refractivity contribution is 5.70. The van der Waals surface area contributed by atoms with E-state index >= 15 is 0 Å². The van der Waals surface area contributed by atoms with Crippen LogP contribution in [-0.4, -0.2) is 32.1 Å². The van der Waals surface area contributed by atoms with Gasteiger partial charge in [-0.1, -0.05) is 12.1 Å². The van der Waals surface area contributed by atoms with E-state index in [0.29, 0.717) is 5.75 Å². The third kappa shape index (κ3) is 3.24. The van der Waals surface area contributed by atoms with E-state index in [1.54, 1.807) is 20.2 Å². The van der Waals surface area contributed by atoms with Gasteiger partial charge in [0, 0.05) is 20.1 Å². The maximum Gasteiger partial charge on any atom is 0.414 e. The number of ether oxygens (including phenoxy) is 1. The van der Waals surface area contributed by atoms with E-state index in [-0.39, 0.29) is 12.1 Å². The Morgan fingerprint density at radius 3 is 2.69 bits per heavy atom. The van der Waals surface area contributed by atoms with Crippen LogP contribution in [0, 0.1) is 0 Å². The molecule has 0 fully saturated rings. The van der Waals surface area contributed by atoms with Gasteiger partial charge in [-0.3, -0.25) is 0 Å². The molecule has 1 rings (SSSR count). The van der Waals surface area contributed by atoms with E-state index in [0.717, 1.165) is 5.56 Å². The quantitative estimate of drug-likeness (QED) is 0.850. The van der Waals surface area contributed by atoms with Gasteiger partial charge >= 0.3 is 6.09 Å². The molecule has 0 radical (unpaired) electrons. The lowest BCUT2D eigenvalue weighted by molar-refractivity contribution is 0.172. The monoisotopic (exact) mass is 222 g/mol. The number of carbonyl (C=O) groups excluding carboxylic acids is 1. The first-order valence-electron chi connectivity index (χ1n) is 5.21. The lowest BCUT2D eigenvalue weighted by atomic mass is 10.1. The molecule has 1 amide bonds. The van der Waals surface area contributed by atoms with Gasteiger partial charge < -0.3 is 15.0 Å². The molecular formula is C12H18N2O2. The number of carbonyl (C=O) groups is 1. The summed E-state index contributed by atoms with van der Waals surface area (Å²) in [5, 5.41) is 3.13. The molecule has 16 heavy (non-hydrogen) atoms. The lowest BCUT2D eigenvalue weighted by Crippen LogP contribution is -2.25. The van der Waals surface area contributed by atoms with Crippen molar-refractivity contribution in [2.24, 2.45) is 0 Å². The van der Waals surface area contributed by atoms with Crippen molar-refractivity contribution in [3.63, 3.8) is 0 Å². The van der Waals surface area contributed by atoms with Gasteiger partial charge in [0.05, 0.1) is 0 Å². The number of hydrogen-bond donors (Lipinski definition) is 1. The molecule has 1 atom stereocenters. The summed E-state index contributed by atoms with van der Waals surface area (Å²) >= 11 is 0. The summed E-state index contributed by atoms with van der Waals surface area (Å²) < 4.78 is 5.17. The van der Waals surface area contributed by atoms with Crippen LogP contribution < -0.4 is 10.1 Å². The Labute approximate surface area is 96.2 Å². The van der Waals surface area contributed by atoms with Crippen LogP contribution in [0.5, 0.6) is 5.75 Å².